The second kappa shape index (κ2) is 6.48. The van der Waals surface area contributed by atoms with Crippen molar-refractivity contribution in [3.05, 3.63) is 36.4 Å². The van der Waals surface area contributed by atoms with Crippen molar-refractivity contribution >= 4 is 0 Å². The number of hydrogen-bond donors (Lipinski definition) is 0. The summed E-state index contributed by atoms with van der Waals surface area (Å²) in [6.07, 6.45) is 4.04. The molecule has 1 aromatic rings. The Morgan fingerprint density at radius 1 is 1.33 bits per heavy atom. The summed E-state index contributed by atoms with van der Waals surface area (Å²) >= 11 is 0. The summed E-state index contributed by atoms with van der Waals surface area (Å²) in [6.45, 7) is 10.9. The van der Waals surface area contributed by atoms with Crippen LogP contribution in [0.3, 0.4) is 0 Å². The largest absolute Gasteiger partial charge is 0.497 e. The van der Waals surface area contributed by atoms with Crippen molar-refractivity contribution in [1.29, 1.82) is 0 Å². The maximum absolute atomic E-state index is 5.76. The average Bonchev–Trinajstić information content (AvgIpc) is 2.35. The lowest BCUT2D eigenvalue weighted by Crippen LogP contribution is -2.18. The van der Waals surface area contributed by atoms with Crippen LogP contribution >= 0.6 is 0 Å². The normalized spacial score (nSPS) is 11.1. The van der Waals surface area contributed by atoms with Crippen LogP contribution in [0, 0.1) is 0 Å². The molecule has 1 aromatic carbocycles. The van der Waals surface area contributed by atoms with Gasteiger partial charge in [-0.15, -0.1) is 0 Å². The van der Waals surface area contributed by atoms with Crippen LogP contribution in [0.15, 0.2) is 30.9 Å². The lowest BCUT2D eigenvalue weighted by molar-refractivity contribution is 0.339. The molecule has 0 saturated carbocycles. The van der Waals surface area contributed by atoms with E-state index in [1.54, 1.807) is 13.2 Å². The Labute approximate surface area is 111 Å². The molecule has 2 heteroatoms. The summed E-state index contributed by atoms with van der Waals surface area (Å²) in [7, 11) is 1.67. The van der Waals surface area contributed by atoms with Crippen molar-refractivity contribution in [1.82, 2.24) is 0 Å². The van der Waals surface area contributed by atoms with Crippen LogP contribution in [0.4, 0.5) is 0 Å². The summed E-state index contributed by atoms with van der Waals surface area (Å²) in [6, 6.07) is 6.05. The summed E-state index contributed by atoms with van der Waals surface area (Å²) < 4.78 is 11.0. The minimum atomic E-state index is 0.109. The summed E-state index contributed by atoms with van der Waals surface area (Å²) in [5.74, 6) is 1.72. The minimum Gasteiger partial charge on any atom is -0.497 e. The standard InChI is InChI=1S/C16H24O2/c1-6-10-16(3,4)14-9-8-13(17-5)12-15(14)18-11-7-2/h7-9,12H,2,6,10-11H2,1,3-5H3. The Balaban J connectivity index is 3.11. The van der Waals surface area contributed by atoms with Gasteiger partial charge in [0.05, 0.1) is 7.11 Å². The summed E-state index contributed by atoms with van der Waals surface area (Å²) in [4.78, 5) is 0. The highest BCUT2D eigenvalue weighted by Gasteiger charge is 2.23. The zero-order valence-corrected chi connectivity index (χ0v) is 12.0. The first kappa shape index (κ1) is 14.6. The van der Waals surface area contributed by atoms with Gasteiger partial charge in [-0.1, -0.05) is 45.9 Å². The smallest absolute Gasteiger partial charge is 0.127 e. The topological polar surface area (TPSA) is 18.5 Å². The second-order valence-corrected chi connectivity index (χ2v) is 5.10. The van der Waals surface area contributed by atoms with Gasteiger partial charge in [-0.25, -0.2) is 0 Å². The van der Waals surface area contributed by atoms with Crippen LogP contribution in [0.1, 0.15) is 39.2 Å². The Hall–Kier alpha value is -1.44. The molecule has 0 unspecified atom stereocenters. The van der Waals surface area contributed by atoms with E-state index in [4.69, 9.17) is 9.47 Å². The van der Waals surface area contributed by atoms with E-state index in [0.717, 1.165) is 24.3 Å². The van der Waals surface area contributed by atoms with Gasteiger partial charge < -0.3 is 9.47 Å². The molecule has 0 aliphatic rings. The number of benzene rings is 1. The Kier molecular flexibility index (Phi) is 5.26. The van der Waals surface area contributed by atoms with Gasteiger partial charge >= 0.3 is 0 Å². The molecule has 18 heavy (non-hydrogen) atoms. The summed E-state index contributed by atoms with van der Waals surface area (Å²) in [5, 5.41) is 0. The van der Waals surface area contributed by atoms with Crippen molar-refractivity contribution in [2.75, 3.05) is 13.7 Å². The molecule has 0 aliphatic heterocycles. The van der Waals surface area contributed by atoms with E-state index < -0.39 is 0 Å². The number of ether oxygens (including phenoxy) is 2. The van der Waals surface area contributed by atoms with Crippen LogP contribution in [0.25, 0.3) is 0 Å². The fourth-order valence-electron chi connectivity index (χ4n) is 2.22. The molecule has 100 valence electrons. The maximum Gasteiger partial charge on any atom is 0.127 e. The van der Waals surface area contributed by atoms with Crippen molar-refractivity contribution in [3.63, 3.8) is 0 Å². The van der Waals surface area contributed by atoms with Gasteiger partial charge in [0.15, 0.2) is 0 Å². The molecule has 0 fully saturated rings. The fourth-order valence-corrected chi connectivity index (χ4v) is 2.22. The van der Waals surface area contributed by atoms with E-state index >= 15 is 0 Å². The molecular weight excluding hydrogens is 224 g/mol. The highest BCUT2D eigenvalue weighted by Crippen LogP contribution is 2.37. The van der Waals surface area contributed by atoms with Crippen LogP contribution in [0.5, 0.6) is 11.5 Å². The van der Waals surface area contributed by atoms with Crippen molar-refractivity contribution < 1.29 is 9.47 Å². The number of hydrogen-bond acceptors (Lipinski definition) is 2. The predicted molar refractivity (Wildman–Crippen MR) is 76.6 cm³/mol. The van der Waals surface area contributed by atoms with Crippen LogP contribution in [-0.2, 0) is 5.41 Å². The Bertz CT molecular complexity index is 394. The van der Waals surface area contributed by atoms with Gasteiger partial charge in [0.25, 0.3) is 0 Å². The quantitative estimate of drug-likeness (QED) is 0.668. The molecule has 0 amide bonds. The van der Waals surface area contributed by atoms with E-state index in [2.05, 4.69) is 33.4 Å². The lowest BCUT2D eigenvalue weighted by Gasteiger charge is -2.27. The zero-order valence-electron chi connectivity index (χ0n) is 12.0. The minimum absolute atomic E-state index is 0.109. The van der Waals surface area contributed by atoms with Crippen molar-refractivity contribution in [3.8, 4) is 11.5 Å². The molecule has 0 radical (unpaired) electrons. The average molecular weight is 248 g/mol. The highest BCUT2D eigenvalue weighted by atomic mass is 16.5. The lowest BCUT2D eigenvalue weighted by atomic mass is 9.80. The van der Waals surface area contributed by atoms with Gasteiger partial charge in [-0.2, -0.15) is 0 Å². The van der Waals surface area contributed by atoms with Gasteiger partial charge in [0.2, 0.25) is 0 Å². The van der Waals surface area contributed by atoms with Gasteiger partial charge in [-0.05, 0) is 17.9 Å². The fraction of sp³-hybridized carbons (Fsp3) is 0.500. The monoisotopic (exact) mass is 248 g/mol. The second-order valence-electron chi connectivity index (χ2n) is 5.10. The van der Waals surface area contributed by atoms with Crippen LogP contribution in [0.2, 0.25) is 0 Å². The van der Waals surface area contributed by atoms with E-state index in [1.807, 2.05) is 12.1 Å². The van der Waals surface area contributed by atoms with Gasteiger partial charge in [-0.3, -0.25) is 0 Å². The first-order valence-electron chi connectivity index (χ1n) is 6.47. The third-order valence-electron chi connectivity index (χ3n) is 3.15. The first-order chi connectivity index (χ1) is 8.55. The molecule has 0 heterocycles. The molecule has 0 N–H and O–H groups in total. The van der Waals surface area contributed by atoms with E-state index in [-0.39, 0.29) is 5.41 Å². The molecular formula is C16H24O2. The van der Waals surface area contributed by atoms with E-state index in [9.17, 15) is 0 Å². The first-order valence-corrected chi connectivity index (χ1v) is 6.47. The van der Waals surface area contributed by atoms with Crippen LogP contribution < -0.4 is 9.47 Å². The third kappa shape index (κ3) is 3.52. The number of methoxy groups -OCH3 is 1. The molecule has 0 aliphatic carbocycles. The molecule has 0 saturated heterocycles. The van der Waals surface area contributed by atoms with Gasteiger partial charge in [0.1, 0.15) is 18.1 Å². The van der Waals surface area contributed by atoms with Gasteiger partial charge in [0, 0.05) is 11.6 Å². The van der Waals surface area contributed by atoms with E-state index in [0.29, 0.717) is 6.61 Å². The van der Waals surface area contributed by atoms with Crippen molar-refractivity contribution in [2.45, 2.75) is 39.0 Å². The molecule has 1 rings (SSSR count). The summed E-state index contributed by atoms with van der Waals surface area (Å²) in [5.41, 5.74) is 1.34. The van der Waals surface area contributed by atoms with Crippen LogP contribution in [-0.4, -0.2) is 13.7 Å². The number of rotatable bonds is 7. The Morgan fingerprint density at radius 3 is 2.61 bits per heavy atom. The molecule has 0 atom stereocenters. The SMILES string of the molecule is C=CCOc1cc(OC)ccc1C(C)(C)CCC. The molecule has 0 bridgehead atoms. The zero-order chi connectivity index (χ0) is 13.6. The maximum atomic E-state index is 5.76. The molecule has 0 aromatic heterocycles. The molecule has 0 spiro atoms. The third-order valence-corrected chi connectivity index (χ3v) is 3.15. The Morgan fingerprint density at radius 2 is 2.06 bits per heavy atom. The molecule has 2 nitrogen and oxygen atoms in total. The van der Waals surface area contributed by atoms with Crippen molar-refractivity contribution in [2.24, 2.45) is 0 Å². The van der Waals surface area contributed by atoms with E-state index in [1.165, 1.54) is 5.56 Å². The predicted octanol–water partition coefficient (Wildman–Crippen LogP) is 4.34. The highest BCUT2D eigenvalue weighted by molar-refractivity contribution is 5.44.